The summed E-state index contributed by atoms with van der Waals surface area (Å²) in [6, 6.07) is 12.2. The molecule has 6 rings (SSSR count). The van der Waals surface area contributed by atoms with E-state index in [1.807, 2.05) is 68.7 Å². The van der Waals surface area contributed by atoms with Crippen LogP contribution in [0.15, 0.2) is 42.5 Å². The third kappa shape index (κ3) is 7.92. The molecular weight excluding hydrogens is 635 g/mol. The Bertz CT molecular complexity index is 1760. The average molecular weight is 683 g/mol. The fourth-order valence-electron chi connectivity index (χ4n) is 6.28. The highest BCUT2D eigenvalue weighted by atomic mass is 31.2. The maximum atomic E-state index is 14.4. The van der Waals surface area contributed by atoms with Crippen LogP contribution in [0.3, 0.4) is 0 Å². The van der Waals surface area contributed by atoms with Crippen molar-refractivity contribution < 1.29 is 32.6 Å². The van der Waals surface area contributed by atoms with E-state index >= 15 is 0 Å². The summed E-state index contributed by atoms with van der Waals surface area (Å²) < 4.78 is 46.1. The Morgan fingerprint density at radius 2 is 1.83 bits per heavy atom. The smallest absolute Gasteiger partial charge is 0.459 e. The monoisotopic (exact) mass is 682 g/mol. The first-order valence-corrected chi connectivity index (χ1v) is 18.3. The Labute approximate surface area is 281 Å². The van der Waals surface area contributed by atoms with Crippen LogP contribution in [0.2, 0.25) is 0 Å². The van der Waals surface area contributed by atoms with Crippen molar-refractivity contribution in [3.63, 3.8) is 0 Å². The van der Waals surface area contributed by atoms with Gasteiger partial charge in [0.2, 0.25) is 11.8 Å². The molecule has 260 valence electrons. The second kappa shape index (κ2) is 15.6. The number of carbonyl (C=O) groups excluding carboxylic acids is 1. The van der Waals surface area contributed by atoms with Gasteiger partial charge in [-0.15, -0.1) is 0 Å². The topological polar surface area (TPSA) is 162 Å². The number of benzene rings is 2. The van der Waals surface area contributed by atoms with Gasteiger partial charge in [0.05, 0.1) is 19.8 Å². The molecule has 4 aromatic rings. The van der Waals surface area contributed by atoms with Crippen molar-refractivity contribution in [1.29, 1.82) is 0 Å². The minimum absolute atomic E-state index is 0.0163. The molecule has 1 saturated carbocycles. The highest BCUT2D eigenvalue weighted by Crippen LogP contribution is 2.48. The van der Waals surface area contributed by atoms with Crippen molar-refractivity contribution in [3.05, 3.63) is 48.3 Å². The van der Waals surface area contributed by atoms with Gasteiger partial charge in [0.15, 0.2) is 11.2 Å². The molecule has 5 unspecified atom stereocenters. The molecule has 2 fully saturated rings. The summed E-state index contributed by atoms with van der Waals surface area (Å²) in [5.74, 6) is 0.883. The van der Waals surface area contributed by atoms with E-state index in [4.69, 9.17) is 29.0 Å². The van der Waals surface area contributed by atoms with Crippen molar-refractivity contribution in [2.24, 2.45) is 5.92 Å². The number of imidazole rings is 1. The number of methoxy groups -OCH3 is 1. The van der Waals surface area contributed by atoms with Gasteiger partial charge in [-0.1, -0.05) is 63.6 Å². The first-order valence-electron chi connectivity index (χ1n) is 16.8. The van der Waals surface area contributed by atoms with Gasteiger partial charge in [0.25, 0.3) is 0 Å². The Hall–Kier alpha value is -3.77. The Morgan fingerprint density at radius 1 is 1.10 bits per heavy atom. The number of nitrogens with zero attached hydrogens (tertiary/aromatic N) is 4. The molecule has 1 aliphatic heterocycles. The summed E-state index contributed by atoms with van der Waals surface area (Å²) >= 11 is 0. The normalized spacial score (nSPS) is 21.7. The molecule has 0 radical (unpaired) electrons. The number of nitrogens with two attached hydrogens (primary N) is 1. The lowest BCUT2D eigenvalue weighted by molar-refractivity contribution is -0.152. The number of nitrogens with one attached hydrogen (secondary N) is 1. The number of hydrogen-bond donors (Lipinski definition) is 2. The summed E-state index contributed by atoms with van der Waals surface area (Å²) in [6.07, 6.45) is 4.39. The van der Waals surface area contributed by atoms with Gasteiger partial charge < -0.3 is 24.5 Å². The lowest BCUT2D eigenvalue weighted by Gasteiger charge is -2.27. The van der Waals surface area contributed by atoms with Crippen LogP contribution in [0.5, 0.6) is 11.6 Å². The third-order valence-corrected chi connectivity index (χ3v) is 10.2. The van der Waals surface area contributed by atoms with Crippen LogP contribution in [0.1, 0.15) is 78.3 Å². The molecule has 0 bridgehead atoms. The zero-order chi connectivity index (χ0) is 34.4. The number of aryl methyl sites for hydroxylation is 1. The van der Waals surface area contributed by atoms with Crippen LogP contribution < -0.4 is 20.1 Å². The molecule has 0 spiro atoms. The number of rotatable bonds is 11. The zero-order valence-corrected chi connectivity index (χ0v) is 29.4. The molecule has 2 aromatic carbocycles. The van der Waals surface area contributed by atoms with E-state index in [9.17, 15) is 9.36 Å². The molecule has 2 aliphatic rings. The molecule has 13 nitrogen and oxygen atoms in total. The quantitative estimate of drug-likeness (QED) is 0.125. The summed E-state index contributed by atoms with van der Waals surface area (Å²) in [7, 11) is -2.63. The third-order valence-electron chi connectivity index (χ3n) is 8.54. The van der Waals surface area contributed by atoms with Crippen LogP contribution >= 0.6 is 7.75 Å². The highest BCUT2D eigenvalue weighted by Gasteiger charge is 2.40. The van der Waals surface area contributed by atoms with Gasteiger partial charge in [-0.3, -0.25) is 13.9 Å². The summed E-state index contributed by atoms with van der Waals surface area (Å²) in [6.45, 7) is 9.44. The van der Waals surface area contributed by atoms with Gasteiger partial charge in [0, 0.05) is 11.3 Å². The van der Waals surface area contributed by atoms with E-state index in [0.717, 1.165) is 42.9 Å². The van der Waals surface area contributed by atoms with Gasteiger partial charge in [-0.05, 0) is 57.4 Å². The van der Waals surface area contributed by atoms with E-state index in [1.54, 1.807) is 13.0 Å². The number of hydrogen-bond acceptors (Lipinski definition) is 11. The fraction of sp³-hybridized carbons (Fsp3) is 0.529. The van der Waals surface area contributed by atoms with Crippen molar-refractivity contribution >= 4 is 41.6 Å². The number of nitrogen functional groups attached to an aromatic ring is 1. The molecule has 14 heteroatoms. The molecule has 1 saturated heterocycles. The van der Waals surface area contributed by atoms with Crippen molar-refractivity contribution in [3.8, 4) is 11.6 Å². The second-order valence-corrected chi connectivity index (χ2v) is 13.8. The van der Waals surface area contributed by atoms with E-state index in [0.29, 0.717) is 29.2 Å². The largest absolute Gasteiger partial charge is 0.479 e. The first-order chi connectivity index (χ1) is 23.1. The maximum absolute atomic E-state index is 14.4. The number of fused-ring (bicyclic) bond motifs is 2. The Balaban J connectivity index is 0.00000221. The zero-order valence-electron chi connectivity index (χ0n) is 28.5. The van der Waals surface area contributed by atoms with Crippen molar-refractivity contribution in [2.45, 2.75) is 97.6 Å². The van der Waals surface area contributed by atoms with Crippen LogP contribution in [-0.2, 0) is 23.4 Å². The highest BCUT2D eigenvalue weighted by molar-refractivity contribution is 7.52. The molecule has 2 aromatic heterocycles. The number of anilines is 1. The van der Waals surface area contributed by atoms with Gasteiger partial charge in [-0.25, -0.2) is 9.55 Å². The molecule has 48 heavy (non-hydrogen) atoms. The predicted molar refractivity (Wildman–Crippen MR) is 184 cm³/mol. The van der Waals surface area contributed by atoms with Gasteiger partial charge >= 0.3 is 13.7 Å². The minimum atomic E-state index is -4.13. The molecule has 5 atom stereocenters. The fourth-order valence-corrected chi connectivity index (χ4v) is 7.82. The molecule has 0 amide bonds. The van der Waals surface area contributed by atoms with E-state index in [1.165, 1.54) is 7.11 Å². The SMILES string of the molecule is CC.COc1nc(N)nc2c1nc(C)n2C1OC(COP(=O)(NC(C)C(=O)OC2CCCCC2)Oc2cccc3ccccc23)CC1C. The van der Waals surface area contributed by atoms with Crippen LogP contribution in [0.25, 0.3) is 21.9 Å². The van der Waals surface area contributed by atoms with Crippen LogP contribution in [0, 0.1) is 12.8 Å². The Morgan fingerprint density at radius 3 is 2.58 bits per heavy atom. The predicted octanol–water partition coefficient (Wildman–Crippen LogP) is 6.89. The van der Waals surface area contributed by atoms with Crippen molar-refractivity contribution in [1.82, 2.24) is 24.6 Å². The maximum Gasteiger partial charge on any atom is 0.459 e. The van der Waals surface area contributed by atoms with Gasteiger partial charge in [-0.2, -0.15) is 15.1 Å². The molecule has 3 heterocycles. The second-order valence-electron chi connectivity index (χ2n) is 12.1. The summed E-state index contributed by atoms with van der Waals surface area (Å²) in [4.78, 5) is 26.2. The first kappa shape index (κ1) is 35.5. The summed E-state index contributed by atoms with van der Waals surface area (Å²) in [5, 5.41) is 4.52. The molecule has 1 aliphatic carbocycles. The van der Waals surface area contributed by atoms with E-state index < -0.39 is 32.1 Å². The number of esters is 1. The lowest BCUT2D eigenvalue weighted by Crippen LogP contribution is -2.37. The standard InChI is InChI=1S/C32H41N6O7P.C2H6/c1-19-17-24(43-30(19)38-21(3)34-27-28(38)35-32(33)36-29(27)41-4)18-42-46(40,37-20(2)31(39)44-23-13-6-5-7-14-23)45-26-16-10-12-22-11-8-9-15-25(22)26;1-2/h8-12,15-16,19-20,23-24,30H,5-7,13-14,17-18H2,1-4H3,(H,37,40)(H2,33,35,36);1-2H3. The molecule has 3 N–H and O–H groups in total. The van der Waals surface area contributed by atoms with E-state index in [-0.39, 0.29) is 30.5 Å². The number of carbonyl (C=O) groups is 1. The van der Waals surface area contributed by atoms with Crippen molar-refractivity contribution in [2.75, 3.05) is 19.5 Å². The average Bonchev–Trinajstić information content (AvgIpc) is 3.62. The Kier molecular flexibility index (Phi) is 11.6. The van der Waals surface area contributed by atoms with E-state index in [2.05, 4.69) is 20.0 Å². The van der Waals surface area contributed by atoms with Crippen LogP contribution in [0.4, 0.5) is 5.95 Å². The van der Waals surface area contributed by atoms with Crippen LogP contribution in [-0.4, -0.2) is 57.5 Å². The number of aromatic nitrogens is 4. The minimum Gasteiger partial charge on any atom is -0.479 e. The lowest BCUT2D eigenvalue weighted by atomic mass is 9.98. The summed E-state index contributed by atoms with van der Waals surface area (Å²) in [5.41, 5.74) is 6.94. The molecular formula is C34H47N6O7P. The van der Waals surface area contributed by atoms with Gasteiger partial charge in [0.1, 0.15) is 29.9 Å². The number of ether oxygens (including phenoxy) is 3.